The number of primary amides is 1. The molecule has 0 radical (unpaired) electrons. The molecule has 0 aliphatic heterocycles. The average molecular weight is 233 g/mol. The van der Waals surface area contributed by atoms with Gasteiger partial charge >= 0.3 is 6.03 Å². The second-order valence-electron chi connectivity index (χ2n) is 4.34. The van der Waals surface area contributed by atoms with Crippen LogP contribution in [-0.4, -0.2) is 11.7 Å². The van der Waals surface area contributed by atoms with Crippen molar-refractivity contribution in [2.24, 2.45) is 10.8 Å². The van der Waals surface area contributed by atoms with Crippen molar-refractivity contribution in [3.05, 3.63) is 35.4 Å². The Labute approximate surface area is 102 Å². The number of carbonyl (C=O) groups excluding carboxylic acids is 1. The van der Waals surface area contributed by atoms with Crippen molar-refractivity contribution in [1.29, 1.82) is 0 Å². The van der Waals surface area contributed by atoms with Crippen LogP contribution in [0.25, 0.3) is 0 Å². The lowest BCUT2D eigenvalue weighted by Gasteiger charge is -2.11. The van der Waals surface area contributed by atoms with Crippen LogP contribution in [0, 0.1) is 6.92 Å². The van der Waals surface area contributed by atoms with Crippen LogP contribution in [0.15, 0.2) is 29.4 Å². The Hall–Kier alpha value is -1.84. The summed E-state index contributed by atoms with van der Waals surface area (Å²) in [4.78, 5) is 10.5. The van der Waals surface area contributed by atoms with Gasteiger partial charge in [0.25, 0.3) is 0 Å². The van der Waals surface area contributed by atoms with Gasteiger partial charge in [0.2, 0.25) is 0 Å². The maximum absolute atomic E-state index is 10.5. The maximum atomic E-state index is 10.5. The molecule has 0 aliphatic carbocycles. The van der Waals surface area contributed by atoms with Gasteiger partial charge in [0, 0.05) is 5.71 Å². The minimum absolute atomic E-state index is 0.369. The average Bonchev–Trinajstić information content (AvgIpc) is 2.27. The van der Waals surface area contributed by atoms with Crippen molar-refractivity contribution in [1.82, 2.24) is 5.43 Å². The van der Waals surface area contributed by atoms with E-state index < -0.39 is 6.03 Å². The first-order valence-corrected chi connectivity index (χ1v) is 5.64. The minimum atomic E-state index is -0.632. The first kappa shape index (κ1) is 13.2. The van der Waals surface area contributed by atoms with Crippen molar-refractivity contribution in [2.45, 2.75) is 33.1 Å². The predicted octanol–water partition coefficient (Wildman–Crippen LogP) is 2.53. The zero-order valence-corrected chi connectivity index (χ0v) is 10.5. The molecule has 1 unspecified atom stereocenters. The second-order valence-corrected chi connectivity index (χ2v) is 4.34. The lowest BCUT2D eigenvalue weighted by molar-refractivity contribution is 0.249. The third-order valence-electron chi connectivity index (χ3n) is 2.60. The molecule has 1 aromatic carbocycles. The van der Waals surface area contributed by atoms with Crippen molar-refractivity contribution in [2.75, 3.05) is 0 Å². The molecule has 4 nitrogen and oxygen atoms in total. The van der Waals surface area contributed by atoms with Crippen LogP contribution in [-0.2, 0) is 0 Å². The van der Waals surface area contributed by atoms with Gasteiger partial charge in [0.1, 0.15) is 0 Å². The molecule has 0 spiro atoms. The van der Waals surface area contributed by atoms with Crippen LogP contribution in [0.5, 0.6) is 0 Å². The number of amides is 2. The molecule has 4 heteroatoms. The number of hydrazone groups is 1. The molecule has 0 bridgehead atoms. The Kier molecular flexibility index (Phi) is 4.69. The van der Waals surface area contributed by atoms with E-state index in [1.165, 1.54) is 11.1 Å². The highest BCUT2D eigenvalue weighted by Gasteiger charge is 2.07. The molecule has 0 heterocycles. The molecule has 1 aromatic rings. The van der Waals surface area contributed by atoms with Crippen LogP contribution < -0.4 is 11.2 Å². The van der Waals surface area contributed by atoms with Crippen LogP contribution in [0.1, 0.15) is 37.3 Å². The Bertz CT molecular complexity index is 409. The van der Waals surface area contributed by atoms with Gasteiger partial charge in [-0.25, -0.2) is 10.2 Å². The molecule has 0 aliphatic rings. The molecule has 2 amide bonds. The van der Waals surface area contributed by atoms with E-state index in [-0.39, 0.29) is 0 Å². The van der Waals surface area contributed by atoms with E-state index >= 15 is 0 Å². The highest BCUT2D eigenvalue weighted by molar-refractivity contribution is 5.84. The molecule has 0 saturated carbocycles. The van der Waals surface area contributed by atoms with Gasteiger partial charge in [-0.1, -0.05) is 36.8 Å². The summed E-state index contributed by atoms with van der Waals surface area (Å²) in [5, 5.41) is 3.90. The summed E-state index contributed by atoms with van der Waals surface area (Å²) in [5.41, 5.74) is 10.6. The van der Waals surface area contributed by atoms with Crippen molar-refractivity contribution < 1.29 is 4.79 Å². The first-order chi connectivity index (χ1) is 7.99. The Morgan fingerprint density at radius 1 is 1.41 bits per heavy atom. The van der Waals surface area contributed by atoms with Gasteiger partial charge in [-0.3, -0.25) is 0 Å². The maximum Gasteiger partial charge on any atom is 0.332 e. The summed E-state index contributed by atoms with van der Waals surface area (Å²) in [7, 11) is 0. The predicted molar refractivity (Wildman–Crippen MR) is 70.0 cm³/mol. The van der Waals surface area contributed by atoms with Gasteiger partial charge in [0.15, 0.2) is 0 Å². The summed E-state index contributed by atoms with van der Waals surface area (Å²) in [5.74, 6) is 0.369. The van der Waals surface area contributed by atoms with Gasteiger partial charge in [-0.05, 0) is 31.7 Å². The number of aryl methyl sites for hydroxylation is 1. The van der Waals surface area contributed by atoms with E-state index in [0.717, 1.165) is 12.1 Å². The van der Waals surface area contributed by atoms with Crippen molar-refractivity contribution >= 4 is 11.7 Å². The highest BCUT2D eigenvalue weighted by Crippen LogP contribution is 2.19. The minimum Gasteiger partial charge on any atom is -0.350 e. The van der Waals surface area contributed by atoms with Gasteiger partial charge in [0.05, 0.1) is 0 Å². The molecule has 0 fully saturated rings. The normalized spacial score (nSPS) is 13.2. The summed E-state index contributed by atoms with van der Waals surface area (Å²) < 4.78 is 0. The fraction of sp³-hybridized carbons (Fsp3) is 0.385. The van der Waals surface area contributed by atoms with Crippen molar-refractivity contribution in [3.8, 4) is 0 Å². The fourth-order valence-electron chi connectivity index (χ4n) is 1.65. The van der Waals surface area contributed by atoms with E-state index in [1.807, 2.05) is 6.92 Å². The van der Waals surface area contributed by atoms with E-state index in [9.17, 15) is 4.79 Å². The summed E-state index contributed by atoms with van der Waals surface area (Å²) in [6, 6.07) is 7.80. The Morgan fingerprint density at radius 2 is 2.00 bits per heavy atom. The van der Waals surface area contributed by atoms with Crippen LogP contribution in [0.3, 0.4) is 0 Å². The van der Waals surface area contributed by atoms with Crippen LogP contribution in [0.2, 0.25) is 0 Å². The quantitative estimate of drug-likeness (QED) is 0.609. The number of nitrogens with one attached hydrogen (secondary N) is 1. The number of nitrogens with two attached hydrogens (primary N) is 1. The highest BCUT2D eigenvalue weighted by atomic mass is 16.2. The zero-order valence-electron chi connectivity index (χ0n) is 10.5. The lowest BCUT2D eigenvalue weighted by atomic mass is 9.95. The molecule has 0 aromatic heterocycles. The smallest absolute Gasteiger partial charge is 0.332 e. The molecule has 1 atom stereocenters. The van der Waals surface area contributed by atoms with Crippen LogP contribution in [0.4, 0.5) is 4.79 Å². The monoisotopic (exact) mass is 233 g/mol. The third kappa shape index (κ3) is 4.68. The molecule has 17 heavy (non-hydrogen) atoms. The number of rotatable bonds is 4. The van der Waals surface area contributed by atoms with Crippen molar-refractivity contribution in [3.63, 3.8) is 0 Å². The van der Waals surface area contributed by atoms with E-state index in [0.29, 0.717) is 5.92 Å². The molecular weight excluding hydrogens is 214 g/mol. The SMILES string of the molecule is C/C(CC(C)c1ccc(C)cc1)=N\NC(N)=O. The molecule has 1 rings (SSSR count). The Morgan fingerprint density at radius 3 is 2.53 bits per heavy atom. The lowest BCUT2D eigenvalue weighted by Crippen LogP contribution is -2.25. The van der Waals surface area contributed by atoms with E-state index in [4.69, 9.17) is 5.73 Å². The fourth-order valence-corrected chi connectivity index (χ4v) is 1.65. The molecule has 92 valence electrons. The topological polar surface area (TPSA) is 67.5 Å². The largest absolute Gasteiger partial charge is 0.350 e. The van der Waals surface area contributed by atoms with E-state index in [2.05, 4.69) is 48.6 Å². The number of urea groups is 1. The van der Waals surface area contributed by atoms with Crippen LogP contribution >= 0.6 is 0 Å². The number of carbonyl (C=O) groups is 1. The molecular formula is C13H19N3O. The van der Waals surface area contributed by atoms with Gasteiger partial charge in [-0.15, -0.1) is 0 Å². The van der Waals surface area contributed by atoms with Gasteiger partial charge < -0.3 is 5.73 Å². The molecule has 0 saturated heterocycles. The number of benzene rings is 1. The zero-order chi connectivity index (χ0) is 12.8. The third-order valence-corrected chi connectivity index (χ3v) is 2.60. The number of hydrogen-bond donors (Lipinski definition) is 2. The second kappa shape index (κ2) is 6.03. The first-order valence-electron chi connectivity index (χ1n) is 5.64. The van der Waals surface area contributed by atoms with Gasteiger partial charge in [-0.2, -0.15) is 5.10 Å². The number of hydrogen-bond acceptors (Lipinski definition) is 2. The standard InChI is InChI=1S/C13H19N3O/c1-9-4-6-12(7-5-9)10(2)8-11(3)15-16-13(14)17/h4-7,10H,8H2,1-3H3,(H3,14,16,17)/b15-11+. The number of nitrogens with zero attached hydrogens (tertiary/aromatic N) is 1. The summed E-state index contributed by atoms with van der Waals surface area (Å²) in [6.07, 6.45) is 0.795. The Balaban J connectivity index is 2.59. The van der Waals surface area contributed by atoms with E-state index in [1.54, 1.807) is 0 Å². The summed E-state index contributed by atoms with van der Waals surface area (Å²) in [6.45, 7) is 6.08. The molecule has 3 N–H and O–H groups in total. The summed E-state index contributed by atoms with van der Waals surface area (Å²) >= 11 is 0.